The molecule has 0 saturated carbocycles. The van der Waals surface area contributed by atoms with E-state index in [-0.39, 0.29) is 21.5 Å². The Morgan fingerprint density at radius 1 is 1.31 bits per heavy atom. The second kappa shape index (κ2) is 6.79. The molecule has 26 heavy (non-hydrogen) atoms. The molecule has 0 bridgehead atoms. The van der Waals surface area contributed by atoms with Gasteiger partial charge in [-0.2, -0.15) is 0 Å². The number of halogens is 1. The fourth-order valence-electron chi connectivity index (χ4n) is 3.07. The summed E-state index contributed by atoms with van der Waals surface area (Å²) in [6, 6.07) is 10.4. The van der Waals surface area contributed by atoms with E-state index in [2.05, 4.69) is 10.7 Å². The zero-order chi connectivity index (χ0) is 19.1. The minimum atomic E-state index is -4.05. The van der Waals surface area contributed by atoms with Crippen LogP contribution in [0, 0.1) is 0 Å². The summed E-state index contributed by atoms with van der Waals surface area (Å²) in [7, 11) is -2.44. The number of carbonyl (C=O) groups excluding carboxylic acids is 1. The monoisotopic (exact) mass is 394 g/mol. The molecule has 0 aromatic heterocycles. The van der Waals surface area contributed by atoms with Crippen LogP contribution in [0.5, 0.6) is 0 Å². The molecule has 9 heteroatoms. The van der Waals surface area contributed by atoms with E-state index in [9.17, 15) is 13.2 Å². The van der Waals surface area contributed by atoms with Crippen molar-refractivity contribution >= 4 is 38.9 Å². The zero-order valence-corrected chi connectivity index (χ0v) is 15.9. The van der Waals surface area contributed by atoms with Crippen molar-refractivity contribution in [3.8, 4) is 0 Å². The molecule has 0 aliphatic carbocycles. The first kappa shape index (κ1) is 18.5. The molecule has 0 radical (unpaired) electrons. The van der Waals surface area contributed by atoms with Crippen LogP contribution in [0.4, 0.5) is 11.4 Å². The van der Waals surface area contributed by atoms with E-state index in [1.807, 2.05) is 31.2 Å². The average Bonchev–Trinajstić information content (AvgIpc) is 2.89. The number of nitrogens with one attached hydrogen (secondary N) is 2. The number of nitrogens with two attached hydrogens (primary N) is 1. The van der Waals surface area contributed by atoms with Gasteiger partial charge in [0.05, 0.1) is 22.3 Å². The number of fused-ring (bicyclic) bond motifs is 1. The minimum Gasteiger partial charge on any atom is -0.387 e. The molecular weight excluding hydrogens is 376 g/mol. The van der Waals surface area contributed by atoms with Gasteiger partial charge in [0.25, 0.3) is 5.91 Å². The normalized spacial score (nSPS) is 16.3. The number of sulfonamides is 1. The second-order valence-electron chi connectivity index (χ2n) is 6.12. The third-order valence-electron chi connectivity index (χ3n) is 4.32. The standard InChI is InChI=1S/C17H19ClN4O3S/c1-10-7-11-5-3-4-6-15(11)22(10)21-17(23)12-8-16(26(19,24)25)13(18)9-14(12)20-2/h3-6,8-10,20H,7H2,1-2H3,(H,21,23)(H2,19,24,25). The molecule has 1 aliphatic heterocycles. The molecule has 2 aromatic rings. The van der Waals surface area contributed by atoms with Gasteiger partial charge in [-0.05, 0) is 37.1 Å². The Balaban J connectivity index is 1.98. The van der Waals surface area contributed by atoms with E-state index < -0.39 is 15.9 Å². The predicted octanol–water partition coefficient (Wildman–Crippen LogP) is 2.13. The van der Waals surface area contributed by atoms with Crippen LogP contribution in [0.25, 0.3) is 0 Å². The Morgan fingerprint density at radius 2 is 2.00 bits per heavy atom. The number of hydrazine groups is 1. The molecular formula is C17H19ClN4O3S. The predicted molar refractivity (Wildman–Crippen MR) is 102 cm³/mol. The van der Waals surface area contributed by atoms with E-state index in [1.54, 1.807) is 12.1 Å². The summed E-state index contributed by atoms with van der Waals surface area (Å²) in [5, 5.41) is 9.78. The third-order valence-corrected chi connectivity index (χ3v) is 5.70. The number of nitrogens with zero attached hydrogens (tertiary/aromatic N) is 1. The highest BCUT2D eigenvalue weighted by Crippen LogP contribution is 2.31. The van der Waals surface area contributed by atoms with Gasteiger partial charge in [-0.15, -0.1) is 0 Å². The largest absolute Gasteiger partial charge is 0.387 e. The topological polar surface area (TPSA) is 105 Å². The summed E-state index contributed by atoms with van der Waals surface area (Å²) < 4.78 is 23.4. The van der Waals surface area contributed by atoms with Crippen molar-refractivity contribution in [3.05, 3.63) is 52.5 Å². The van der Waals surface area contributed by atoms with Crippen molar-refractivity contribution < 1.29 is 13.2 Å². The van der Waals surface area contributed by atoms with Crippen LogP contribution in [0.1, 0.15) is 22.8 Å². The highest BCUT2D eigenvalue weighted by molar-refractivity contribution is 7.89. The molecule has 3 rings (SSSR count). The lowest BCUT2D eigenvalue weighted by Crippen LogP contribution is -2.45. The van der Waals surface area contributed by atoms with Gasteiger partial charge in [-0.25, -0.2) is 13.6 Å². The number of primary sulfonamides is 1. The number of benzene rings is 2. The SMILES string of the molecule is CNc1cc(Cl)c(S(N)(=O)=O)cc1C(=O)NN1c2ccccc2CC1C. The van der Waals surface area contributed by atoms with Crippen LogP contribution in [-0.4, -0.2) is 27.4 Å². The Labute approximate surface area is 157 Å². The number of hydrogen-bond donors (Lipinski definition) is 3. The van der Waals surface area contributed by atoms with Crippen LogP contribution in [0.3, 0.4) is 0 Å². The highest BCUT2D eigenvalue weighted by Gasteiger charge is 2.28. The van der Waals surface area contributed by atoms with Crippen LogP contribution < -0.4 is 20.9 Å². The molecule has 1 heterocycles. The van der Waals surface area contributed by atoms with Crippen LogP contribution >= 0.6 is 11.6 Å². The summed E-state index contributed by atoms with van der Waals surface area (Å²) in [6.07, 6.45) is 0.804. The summed E-state index contributed by atoms with van der Waals surface area (Å²) in [5.74, 6) is -0.459. The second-order valence-corrected chi connectivity index (χ2v) is 8.05. The summed E-state index contributed by atoms with van der Waals surface area (Å²) in [5.41, 5.74) is 5.44. The molecule has 0 fully saturated rings. The van der Waals surface area contributed by atoms with Crippen molar-refractivity contribution in [1.82, 2.24) is 5.43 Å². The van der Waals surface area contributed by atoms with Crippen molar-refractivity contribution in [3.63, 3.8) is 0 Å². The number of rotatable bonds is 4. The fraction of sp³-hybridized carbons (Fsp3) is 0.235. The maximum absolute atomic E-state index is 12.9. The maximum Gasteiger partial charge on any atom is 0.271 e. The van der Waals surface area contributed by atoms with Crippen LogP contribution in [0.15, 0.2) is 41.3 Å². The molecule has 4 N–H and O–H groups in total. The van der Waals surface area contributed by atoms with Gasteiger partial charge in [0.2, 0.25) is 10.0 Å². The van der Waals surface area contributed by atoms with E-state index in [0.717, 1.165) is 17.7 Å². The molecule has 1 unspecified atom stereocenters. The van der Waals surface area contributed by atoms with Crippen molar-refractivity contribution in [2.45, 2.75) is 24.3 Å². The van der Waals surface area contributed by atoms with Gasteiger partial charge in [-0.3, -0.25) is 15.2 Å². The Bertz CT molecular complexity index is 978. The minimum absolute atomic E-state index is 0.0479. The Kier molecular flexibility index (Phi) is 4.83. The van der Waals surface area contributed by atoms with E-state index >= 15 is 0 Å². The smallest absolute Gasteiger partial charge is 0.271 e. The summed E-state index contributed by atoms with van der Waals surface area (Å²) >= 11 is 5.99. The first-order valence-corrected chi connectivity index (χ1v) is 9.87. The van der Waals surface area contributed by atoms with Gasteiger partial charge in [0.1, 0.15) is 4.90 Å². The highest BCUT2D eigenvalue weighted by atomic mass is 35.5. The summed E-state index contributed by atoms with van der Waals surface area (Å²) in [4.78, 5) is 12.6. The molecule has 1 aliphatic rings. The average molecular weight is 395 g/mol. The van der Waals surface area contributed by atoms with Crippen LogP contribution in [-0.2, 0) is 16.4 Å². The molecule has 2 aromatic carbocycles. The van der Waals surface area contributed by atoms with Gasteiger partial charge in [-0.1, -0.05) is 29.8 Å². The molecule has 1 atom stereocenters. The maximum atomic E-state index is 12.9. The first-order chi connectivity index (χ1) is 12.2. The van der Waals surface area contributed by atoms with Gasteiger partial charge >= 0.3 is 0 Å². The van der Waals surface area contributed by atoms with Crippen molar-refractivity contribution in [1.29, 1.82) is 0 Å². The number of para-hydroxylation sites is 1. The van der Waals surface area contributed by atoms with Crippen molar-refractivity contribution in [2.75, 3.05) is 17.4 Å². The quantitative estimate of drug-likeness (QED) is 0.736. The Hall–Kier alpha value is -2.29. The molecule has 138 valence electrons. The lowest BCUT2D eigenvalue weighted by molar-refractivity contribution is 0.0947. The van der Waals surface area contributed by atoms with E-state index in [1.165, 1.54) is 12.1 Å². The zero-order valence-electron chi connectivity index (χ0n) is 14.3. The molecule has 1 amide bonds. The van der Waals surface area contributed by atoms with E-state index in [4.69, 9.17) is 16.7 Å². The van der Waals surface area contributed by atoms with E-state index in [0.29, 0.717) is 5.69 Å². The van der Waals surface area contributed by atoms with Gasteiger partial charge in [0.15, 0.2) is 0 Å². The molecule has 0 saturated heterocycles. The van der Waals surface area contributed by atoms with Gasteiger partial charge < -0.3 is 5.32 Å². The number of hydrogen-bond acceptors (Lipinski definition) is 5. The first-order valence-electron chi connectivity index (χ1n) is 7.94. The lowest BCUT2D eigenvalue weighted by Gasteiger charge is -2.26. The number of carbonyl (C=O) groups is 1. The molecule has 7 nitrogen and oxygen atoms in total. The fourth-order valence-corrected chi connectivity index (χ4v) is 4.17. The number of amides is 1. The lowest BCUT2D eigenvalue weighted by atomic mass is 10.1. The Morgan fingerprint density at radius 3 is 2.65 bits per heavy atom. The number of anilines is 2. The van der Waals surface area contributed by atoms with Crippen LogP contribution in [0.2, 0.25) is 5.02 Å². The van der Waals surface area contributed by atoms with Gasteiger partial charge in [0, 0.05) is 12.7 Å². The third kappa shape index (κ3) is 3.35. The molecule has 0 spiro atoms. The summed E-state index contributed by atoms with van der Waals surface area (Å²) in [6.45, 7) is 2.00. The van der Waals surface area contributed by atoms with Crippen molar-refractivity contribution in [2.24, 2.45) is 5.14 Å².